The average Bonchev–Trinajstić information content (AvgIpc) is 1.88. The van der Waals surface area contributed by atoms with Crippen LogP contribution >= 0.6 is 0 Å². The van der Waals surface area contributed by atoms with Gasteiger partial charge < -0.3 is 15.2 Å². The molecule has 0 rings (SSSR count). The number of esters is 1. The lowest BCUT2D eigenvalue weighted by Gasteiger charge is -2.15. The third-order valence-electron chi connectivity index (χ3n) is 1.25. The lowest BCUT2D eigenvalue weighted by atomic mass is 10.2. The van der Waals surface area contributed by atoms with Crippen LogP contribution in [0.2, 0.25) is 0 Å². The number of aliphatic hydroxyl groups is 1. The number of likely N-dealkylation sites (N-methyl/N-ethyl adjacent to an activating group) is 1. The summed E-state index contributed by atoms with van der Waals surface area (Å²) in [6.07, 6.45) is -0.725. The number of hydrogen-bond donors (Lipinski definition) is 2. The van der Waals surface area contributed by atoms with Gasteiger partial charge in [0.15, 0.2) is 0 Å². The summed E-state index contributed by atoms with van der Waals surface area (Å²) in [6.45, 7) is 1.53. The number of carbonyl (C=O) groups is 1. The summed E-state index contributed by atoms with van der Waals surface area (Å²) in [5.74, 6) is -0.447. The quantitative estimate of drug-likeness (QED) is 0.509. The predicted molar refractivity (Wildman–Crippen MR) is 36.5 cm³/mol. The van der Waals surface area contributed by atoms with Crippen molar-refractivity contribution in [1.82, 2.24) is 5.32 Å². The van der Waals surface area contributed by atoms with Gasteiger partial charge in [-0.1, -0.05) is 0 Å². The van der Waals surface area contributed by atoms with Crippen molar-refractivity contribution >= 4 is 5.97 Å². The largest absolute Gasteiger partial charge is 0.468 e. The Balaban J connectivity index is 3.93. The Morgan fingerprint density at radius 1 is 1.70 bits per heavy atom. The van der Waals surface area contributed by atoms with Crippen LogP contribution in [0.1, 0.15) is 6.92 Å². The SMILES string of the molecule is CN[C@H](C(=O)OC)C(C)O. The normalized spacial score (nSPS) is 16.0. The van der Waals surface area contributed by atoms with Crippen LogP contribution in [0.25, 0.3) is 0 Å². The van der Waals surface area contributed by atoms with Crippen LogP contribution < -0.4 is 5.32 Å². The van der Waals surface area contributed by atoms with Gasteiger partial charge in [0.05, 0.1) is 13.2 Å². The highest BCUT2D eigenvalue weighted by Gasteiger charge is 2.21. The van der Waals surface area contributed by atoms with Gasteiger partial charge in [0.1, 0.15) is 6.04 Å². The molecule has 0 saturated heterocycles. The molecule has 0 aromatic rings. The zero-order valence-electron chi connectivity index (χ0n) is 6.42. The Hall–Kier alpha value is -0.610. The fourth-order valence-corrected chi connectivity index (χ4v) is 0.683. The van der Waals surface area contributed by atoms with Crippen molar-refractivity contribution in [3.8, 4) is 0 Å². The van der Waals surface area contributed by atoms with E-state index in [1.807, 2.05) is 0 Å². The van der Waals surface area contributed by atoms with Crippen LogP contribution in [0.4, 0.5) is 0 Å². The molecule has 0 saturated carbocycles. The summed E-state index contributed by atoms with van der Waals surface area (Å²) in [5.41, 5.74) is 0. The van der Waals surface area contributed by atoms with Gasteiger partial charge in [0.2, 0.25) is 0 Å². The lowest BCUT2D eigenvalue weighted by molar-refractivity contribution is -0.145. The van der Waals surface area contributed by atoms with Gasteiger partial charge in [0, 0.05) is 0 Å². The fraction of sp³-hybridized carbons (Fsp3) is 0.833. The van der Waals surface area contributed by atoms with Crippen molar-refractivity contribution in [2.75, 3.05) is 14.2 Å². The van der Waals surface area contributed by atoms with Crippen molar-refractivity contribution in [2.45, 2.75) is 19.1 Å². The van der Waals surface area contributed by atoms with Gasteiger partial charge in [-0.15, -0.1) is 0 Å². The minimum atomic E-state index is -0.725. The highest BCUT2D eigenvalue weighted by molar-refractivity contribution is 5.76. The lowest BCUT2D eigenvalue weighted by Crippen LogP contribution is -2.43. The number of nitrogens with one attached hydrogen (secondary N) is 1. The van der Waals surface area contributed by atoms with Gasteiger partial charge in [-0.05, 0) is 14.0 Å². The number of rotatable bonds is 3. The minimum absolute atomic E-state index is 0.447. The van der Waals surface area contributed by atoms with Crippen molar-refractivity contribution in [3.05, 3.63) is 0 Å². The number of ether oxygens (including phenoxy) is 1. The van der Waals surface area contributed by atoms with Crippen LogP contribution in [-0.2, 0) is 9.53 Å². The van der Waals surface area contributed by atoms with Gasteiger partial charge in [-0.2, -0.15) is 0 Å². The standard InChI is InChI=1S/C6H13NO3/c1-4(8)5(7-2)6(9)10-3/h4-5,7-8H,1-3H3/t4?,5-/m0/s1. The molecule has 2 atom stereocenters. The van der Waals surface area contributed by atoms with E-state index in [0.29, 0.717) is 0 Å². The van der Waals surface area contributed by atoms with E-state index in [1.165, 1.54) is 14.0 Å². The van der Waals surface area contributed by atoms with E-state index < -0.39 is 18.1 Å². The van der Waals surface area contributed by atoms with E-state index >= 15 is 0 Å². The summed E-state index contributed by atoms with van der Waals surface area (Å²) in [5, 5.41) is 11.6. The number of hydrogen-bond acceptors (Lipinski definition) is 4. The molecule has 0 fully saturated rings. The van der Waals surface area contributed by atoms with Crippen LogP contribution in [-0.4, -0.2) is 37.4 Å². The highest BCUT2D eigenvalue weighted by atomic mass is 16.5. The molecule has 0 radical (unpaired) electrons. The molecule has 4 heteroatoms. The molecule has 0 aliphatic carbocycles. The molecule has 0 aromatic carbocycles. The Bertz CT molecular complexity index is 114. The predicted octanol–water partition coefficient (Wildman–Crippen LogP) is -0.872. The first-order chi connectivity index (χ1) is 4.63. The maximum absolute atomic E-state index is 10.7. The van der Waals surface area contributed by atoms with Gasteiger partial charge >= 0.3 is 5.97 Å². The van der Waals surface area contributed by atoms with Gasteiger partial charge in [0.25, 0.3) is 0 Å². The number of methoxy groups -OCH3 is 1. The molecule has 10 heavy (non-hydrogen) atoms. The second-order valence-corrected chi connectivity index (χ2v) is 2.03. The molecule has 0 spiro atoms. The second kappa shape index (κ2) is 4.24. The first kappa shape index (κ1) is 9.39. The Labute approximate surface area is 60.2 Å². The molecule has 0 heterocycles. The van der Waals surface area contributed by atoms with E-state index in [1.54, 1.807) is 7.05 Å². The highest BCUT2D eigenvalue weighted by Crippen LogP contribution is 1.93. The molecule has 1 unspecified atom stereocenters. The molecule has 0 amide bonds. The zero-order chi connectivity index (χ0) is 8.15. The smallest absolute Gasteiger partial charge is 0.325 e. The Morgan fingerprint density at radius 3 is 2.30 bits per heavy atom. The summed E-state index contributed by atoms with van der Waals surface area (Å²) in [4.78, 5) is 10.7. The summed E-state index contributed by atoms with van der Waals surface area (Å²) < 4.78 is 4.40. The monoisotopic (exact) mass is 147 g/mol. The summed E-state index contributed by atoms with van der Waals surface area (Å²) in [6, 6.07) is -0.620. The van der Waals surface area contributed by atoms with Gasteiger partial charge in [-0.3, -0.25) is 4.79 Å². The molecule has 0 bridgehead atoms. The molecule has 0 aromatic heterocycles. The van der Waals surface area contributed by atoms with E-state index in [0.717, 1.165) is 0 Å². The van der Waals surface area contributed by atoms with Crippen molar-refractivity contribution in [1.29, 1.82) is 0 Å². The molecular formula is C6H13NO3. The number of aliphatic hydroxyl groups excluding tert-OH is 1. The third kappa shape index (κ3) is 2.33. The van der Waals surface area contributed by atoms with Gasteiger partial charge in [-0.25, -0.2) is 0 Å². The molecule has 4 nitrogen and oxygen atoms in total. The molecule has 0 aliphatic heterocycles. The first-order valence-electron chi connectivity index (χ1n) is 3.06. The van der Waals surface area contributed by atoms with E-state index in [2.05, 4.69) is 10.1 Å². The van der Waals surface area contributed by atoms with Crippen LogP contribution in [0, 0.1) is 0 Å². The molecule has 60 valence electrons. The molecular weight excluding hydrogens is 134 g/mol. The average molecular weight is 147 g/mol. The molecule has 2 N–H and O–H groups in total. The van der Waals surface area contributed by atoms with Crippen LogP contribution in [0.5, 0.6) is 0 Å². The Morgan fingerprint density at radius 2 is 2.20 bits per heavy atom. The third-order valence-corrected chi connectivity index (χ3v) is 1.25. The van der Waals surface area contributed by atoms with Crippen molar-refractivity contribution < 1.29 is 14.6 Å². The fourth-order valence-electron chi connectivity index (χ4n) is 0.683. The first-order valence-corrected chi connectivity index (χ1v) is 3.06. The van der Waals surface area contributed by atoms with Crippen LogP contribution in [0.3, 0.4) is 0 Å². The molecule has 0 aliphatic rings. The topological polar surface area (TPSA) is 58.6 Å². The minimum Gasteiger partial charge on any atom is -0.468 e. The maximum Gasteiger partial charge on any atom is 0.325 e. The van der Waals surface area contributed by atoms with Crippen LogP contribution in [0.15, 0.2) is 0 Å². The van der Waals surface area contributed by atoms with Crippen molar-refractivity contribution in [3.63, 3.8) is 0 Å². The van der Waals surface area contributed by atoms with E-state index in [-0.39, 0.29) is 0 Å². The van der Waals surface area contributed by atoms with E-state index in [4.69, 9.17) is 5.11 Å². The second-order valence-electron chi connectivity index (χ2n) is 2.03. The summed E-state index contributed by atoms with van der Waals surface area (Å²) >= 11 is 0. The number of carbonyl (C=O) groups excluding carboxylic acids is 1. The van der Waals surface area contributed by atoms with Crippen molar-refractivity contribution in [2.24, 2.45) is 0 Å². The van der Waals surface area contributed by atoms with E-state index in [9.17, 15) is 4.79 Å². The zero-order valence-corrected chi connectivity index (χ0v) is 6.42. The summed E-state index contributed by atoms with van der Waals surface area (Å²) in [7, 11) is 2.88. The Kier molecular flexibility index (Phi) is 3.99. The maximum atomic E-state index is 10.7.